The Morgan fingerprint density at radius 1 is 1.50 bits per heavy atom. The molecule has 3 nitrogen and oxygen atoms in total. The standard InChI is InChI=1S/C14H21N3S/c1-2-17(12-7-3-4-8-12)10-11-6-5-9-16-13(11)14(15)18/h5-6,9,12H,2-4,7-8,10H2,1H3,(H2,15,18). The van der Waals surface area contributed by atoms with Gasteiger partial charge in [0.1, 0.15) is 10.7 Å². The Balaban J connectivity index is 2.13. The van der Waals surface area contributed by atoms with Crippen molar-refractivity contribution in [1.82, 2.24) is 9.88 Å². The molecule has 18 heavy (non-hydrogen) atoms. The van der Waals surface area contributed by atoms with Crippen molar-refractivity contribution >= 4 is 17.2 Å². The smallest absolute Gasteiger partial charge is 0.123 e. The van der Waals surface area contributed by atoms with E-state index in [0.29, 0.717) is 4.99 Å². The first kappa shape index (κ1) is 13.4. The normalized spacial score (nSPS) is 16.3. The van der Waals surface area contributed by atoms with Crippen LogP contribution >= 0.6 is 12.2 Å². The van der Waals surface area contributed by atoms with Crippen molar-refractivity contribution in [3.05, 3.63) is 29.6 Å². The van der Waals surface area contributed by atoms with E-state index in [1.807, 2.05) is 6.07 Å². The Kier molecular flexibility index (Phi) is 4.66. The zero-order valence-electron chi connectivity index (χ0n) is 10.9. The summed E-state index contributed by atoms with van der Waals surface area (Å²) >= 11 is 5.07. The number of pyridine rings is 1. The summed E-state index contributed by atoms with van der Waals surface area (Å²) in [7, 11) is 0. The molecule has 0 amide bonds. The van der Waals surface area contributed by atoms with Crippen molar-refractivity contribution in [2.45, 2.75) is 45.2 Å². The largest absolute Gasteiger partial charge is 0.388 e. The summed E-state index contributed by atoms with van der Waals surface area (Å²) in [5, 5.41) is 0. The lowest BCUT2D eigenvalue weighted by atomic mass is 10.1. The van der Waals surface area contributed by atoms with Gasteiger partial charge < -0.3 is 5.73 Å². The van der Waals surface area contributed by atoms with Crippen molar-refractivity contribution in [3.63, 3.8) is 0 Å². The van der Waals surface area contributed by atoms with Crippen LogP contribution in [0.2, 0.25) is 0 Å². The van der Waals surface area contributed by atoms with Crippen molar-refractivity contribution in [3.8, 4) is 0 Å². The molecule has 1 fully saturated rings. The fraction of sp³-hybridized carbons (Fsp3) is 0.571. The molecule has 4 heteroatoms. The highest BCUT2D eigenvalue weighted by atomic mass is 32.1. The van der Waals surface area contributed by atoms with Gasteiger partial charge in [-0.05, 0) is 31.0 Å². The first-order chi connectivity index (χ1) is 8.72. The second kappa shape index (κ2) is 6.25. The summed E-state index contributed by atoms with van der Waals surface area (Å²) in [6, 6.07) is 4.76. The molecule has 0 aliphatic heterocycles. The first-order valence-electron chi connectivity index (χ1n) is 6.70. The average Bonchev–Trinajstić information content (AvgIpc) is 2.90. The SMILES string of the molecule is CCN(Cc1cccnc1C(N)=S)C1CCCC1. The number of thiocarbonyl (C=S) groups is 1. The minimum atomic E-state index is 0.396. The molecule has 0 atom stereocenters. The van der Waals surface area contributed by atoms with E-state index in [9.17, 15) is 0 Å². The summed E-state index contributed by atoms with van der Waals surface area (Å²) in [6.07, 6.45) is 7.10. The third-order valence-electron chi connectivity index (χ3n) is 3.75. The maximum atomic E-state index is 5.74. The third kappa shape index (κ3) is 3.06. The lowest BCUT2D eigenvalue weighted by Crippen LogP contribution is -2.33. The van der Waals surface area contributed by atoms with Crippen molar-refractivity contribution in [2.24, 2.45) is 5.73 Å². The number of hydrogen-bond acceptors (Lipinski definition) is 3. The van der Waals surface area contributed by atoms with E-state index in [2.05, 4.69) is 22.9 Å². The molecule has 1 heterocycles. The fourth-order valence-corrected chi connectivity index (χ4v) is 2.96. The molecule has 98 valence electrons. The second-order valence-corrected chi connectivity index (χ2v) is 5.32. The molecule has 0 unspecified atom stereocenters. The minimum Gasteiger partial charge on any atom is -0.388 e. The monoisotopic (exact) mass is 263 g/mol. The Hall–Kier alpha value is -1.00. The van der Waals surface area contributed by atoms with Crippen LogP contribution < -0.4 is 5.73 Å². The van der Waals surface area contributed by atoms with Crippen LogP contribution in [0.15, 0.2) is 18.3 Å². The van der Waals surface area contributed by atoms with Gasteiger partial charge in [0, 0.05) is 18.8 Å². The van der Waals surface area contributed by atoms with Crippen LogP contribution in [0.4, 0.5) is 0 Å². The van der Waals surface area contributed by atoms with Crippen LogP contribution in [0.5, 0.6) is 0 Å². The molecule has 0 aromatic carbocycles. The molecule has 0 spiro atoms. The number of aromatic nitrogens is 1. The van der Waals surface area contributed by atoms with E-state index in [0.717, 1.165) is 30.4 Å². The van der Waals surface area contributed by atoms with Gasteiger partial charge in [0.2, 0.25) is 0 Å². The van der Waals surface area contributed by atoms with Crippen LogP contribution in [0.1, 0.15) is 43.9 Å². The lowest BCUT2D eigenvalue weighted by Gasteiger charge is -2.27. The fourth-order valence-electron chi connectivity index (χ4n) is 2.78. The number of nitrogens with zero attached hydrogens (tertiary/aromatic N) is 2. The molecular weight excluding hydrogens is 242 g/mol. The molecule has 1 aromatic rings. The van der Waals surface area contributed by atoms with Gasteiger partial charge in [0.15, 0.2) is 0 Å². The zero-order chi connectivity index (χ0) is 13.0. The van der Waals surface area contributed by atoms with Gasteiger partial charge in [0.25, 0.3) is 0 Å². The Morgan fingerprint density at radius 2 is 2.22 bits per heavy atom. The van der Waals surface area contributed by atoms with E-state index in [1.54, 1.807) is 6.20 Å². The van der Waals surface area contributed by atoms with Gasteiger partial charge in [-0.1, -0.05) is 38.0 Å². The Labute approximate surface area is 114 Å². The highest BCUT2D eigenvalue weighted by Gasteiger charge is 2.22. The van der Waals surface area contributed by atoms with Gasteiger partial charge in [0.05, 0.1) is 0 Å². The quantitative estimate of drug-likeness (QED) is 0.829. The van der Waals surface area contributed by atoms with Crippen molar-refractivity contribution < 1.29 is 0 Å². The number of rotatable bonds is 5. The van der Waals surface area contributed by atoms with Crippen LogP contribution in [0, 0.1) is 0 Å². The van der Waals surface area contributed by atoms with Crippen molar-refractivity contribution in [2.75, 3.05) is 6.54 Å². The Bertz CT molecular complexity index is 413. The summed E-state index contributed by atoms with van der Waals surface area (Å²) in [5.74, 6) is 0. The molecule has 1 saturated carbocycles. The summed E-state index contributed by atoms with van der Waals surface area (Å²) in [5.41, 5.74) is 7.67. The Morgan fingerprint density at radius 3 is 2.83 bits per heavy atom. The second-order valence-electron chi connectivity index (χ2n) is 4.88. The van der Waals surface area contributed by atoms with E-state index >= 15 is 0 Å². The lowest BCUT2D eigenvalue weighted by molar-refractivity contribution is 0.200. The minimum absolute atomic E-state index is 0.396. The van der Waals surface area contributed by atoms with Gasteiger partial charge >= 0.3 is 0 Å². The highest BCUT2D eigenvalue weighted by molar-refractivity contribution is 7.80. The van der Waals surface area contributed by atoms with Crippen LogP contribution in [-0.4, -0.2) is 27.5 Å². The van der Waals surface area contributed by atoms with E-state index in [1.165, 1.54) is 25.7 Å². The molecule has 1 aliphatic carbocycles. The van der Waals surface area contributed by atoms with Crippen LogP contribution in [0.25, 0.3) is 0 Å². The van der Waals surface area contributed by atoms with Gasteiger partial charge in [-0.25, -0.2) is 0 Å². The molecule has 0 radical (unpaired) electrons. The highest BCUT2D eigenvalue weighted by Crippen LogP contribution is 2.25. The first-order valence-corrected chi connectivity index (χ1v) is 7.11. The molecule has 0 saturated heterocycles. The molecule has 0 bridgehead atoms. The van der Waals surface area contributed by atoms with E-state index < -0.39 is 0 Å². The van der Waals surface area contributed by atoms with E-state index in [4.69, 9.17) is 18.0 Å². The molecule has 1 aromatic heterocycles. The van der Waals surface area contributed by atoms with Gasteiger partial charge in [-0.2, -0.15) is 0 Å². The summed E-state index contributed by atoms with van der Waals surface area (Å²) in [6.45, 7) is 4.19. The van der Waals surface area contributed by atoms with E-state index in [-0.39, 0.29) is 0 Å². The molecular formula is C14H21N3S. The van der Waals surface area contributed by atoms with Crippen LogP contribution in [0.3, 0.4) is 0 Å². The number of nitrogens with two attached hydrogens (primary N) is 1. The molecule has 1 aliphatic rings. The van der Waals surface area contributed by atoms with Crippen LogP contribution in [-0.2, 0) is 6.54 Å². The predicted molar refractivity (Wildman–Crippen MR) is 78.5 cm³/mol. The summed E-state index contributed by atoms with van der Waals surface area (Å²) < 4.78 is 0. The average molecular weight is 263 g/mol. The molecule has 2 rings (SSSR count). The molecule has 2 N–H and O–H groups in total. The third-order valence-corrected chi connectivity index (χ3v) is 3.94. The summed E-state index contributed by atoms with van der Waals surface area (Å²) in [4.78, 5) is 7.22. The van der Waals surface area contributed by atoms with Gasteiger partial charge in [-0.3, -0.25) is 9.88 Å². The van der Waals surface area contributed by atoms with Gasteiger partial charge in [-0.15, -0.1) is 0 Å². The topological polar surface area (TPSA) is 42.2 Å². The van der Waals surface area contributed by atoms with Crippen molar-refractivity contribution in [1.29, 1.82) is 0 Å². The maximum Gasteiger partial charge on any atom is 0.123 e. The predicted octanol–water partition coefficient (Wildman–Crippen LogP) is 2.48. The zero-order valence-corrected chi connectivity index (χ0v) is 11.7. The number of hydrogen-bond donors (Lipinski definition) is 1. The maximum absolute atomic E-state index is 5.74.